The highest BCUT2D eigenvalue weighted by Crippen LogP contribution is 2.00. The average Bonchev–Trinajstić information content (AvgIpc) is 2.21. The normalized spacial score (nSPS) is 13.1. The fourth-order valence-electron chi connectivity index (χ4n) is 1.45. The number of hydrogen-bond donors (Lipinski definition) is 2. The van der Waals surface area contributed by atoms with Crippen molar-refractivity contribution in [2.45, 2.75) is 45.6 Å². The van der Waals surface area contributed by atoms with E-state index in [2.05, 4.69) is 19.2 Å². The Kier molecular flexibility index (Phi) is 10.9. The van der Waals surface area contributed by atoms with Gasteiger partial charge in [-0.3, -0.25) is 0 Å². The summed E-state index contributed by atoms with van der Waals surface area (Å²) in [5, 5.41) is 12.0. The molecule has 1 unspecified atom stereocenters. The first-order valence-corrected chi connectivity index (χ1v) is 5.77. The molecule has 0 fully saturated rings. The quantitative estimate of drug-likeness (QED) is 0.529. The summed E-state index contributed by atoms with van der Waals surface area (Å²) < 4.78 is 5.17. The van der Waals surface area contributed by atoms with Gasteiger partial charge in [0.15, 0.2) is 0 Å². The summed E-state index contributed by atoms with van der Waals surface area (Å²) in [6.45, 7) is 6.79. The molecule has 0 aliphatic rings. The van der Waals surface area contributed by atoms with Crippen molar-refractivity contribution in [3.63, 3.8) is 0 Å². The van der Waals surface area contributed by atoms with Gasteiger partial charge in [-0.15, -0.1) is 0 Å². The molecule has 0 aromatic carbocycles. The van der Waals surface area contributed by atoms with Gasteiger partial charge in [0.2, 0.25) is 0 Å². The first-order chi connectivity index (χ1) is 6.85. The summed E-state index contributed by atoms with van der Waals surface area (Å²) in [4.78, 5) is 0. The van der Waals surface area contributed by atoms with Crippen LogP contribution in [0.2, 0.25) is 0 Å². The molecular weight excluding hydrogens is 178 g/mol. The molecule has 86 valence electrons. The van der Waals surface area contributed by atoms with E-state index in [1.165, 1.54) is 19.3 Å². The zero-order valence-corrected chi connectivity index (χ0v) is 9.59. The van der Waals surface area contributed by atoms with E-state index < -0.39 is 0 Å². The zero-order valence-electron chi connectivity index (χ0n) is 9.59. The second-order valence-corrected chi connectivity index (χ2v) is 3.54. The molecule has 0 spiro atoms. The van der Waals surface area contributed by atoms with Crippen LogP contribution >= 0.6 is 0 Å². The van der Waals surface area contributed by atoms with E-state index in [9.17, 15) is 0 Å². The number of nitrogens with one attached hydrogen (secondary N) is 1. The lowest BCUT2D eigenvalue weighted by Crippen LogP contribution is -2.29. The second kappa shape index (κ2) is 11.0. The summed E-state index contributed by atoms with van der Waals surface area (Å²) in [7, 11) is 0. The van der Waals surface area contributed by atoms with Crippen molar-refractivity contribution in [3.8, 4) is 0 Å². The van der Waals surface area contributed by atoms with Gasteiger partial charge in [-0.05, 0) is 25.8 Å². The molecule has 14 heavy (non-hydrogen) atoms. The summed E-state index contributed by atoms with van der Waals surface area (Å²) in [5.41, 5.74) is 0. The molecule has 3 heteroatoms. The second-order valence-electron chi connectivity index (χ2n) is 3.54. The number of rotatable bonds is 10. The Morgan fingerprint density at radius 3 is 2.64 bits per heavy atom. The Morgan fingerprint density at radius 1 is 1.29 bits per heavy atom. The molecule has 1 atom stereocenters. The fourth-order valence-corrected chi connectivity index (χ4v) is 1.45. The van der Waals surface area contributed by atoms with Crippen molar-refractivity contribution in [2.75, 3.05) is 26.4 Å². The van der Waals surface area contributed by atoms with Crippen molar-refractivity contribution < 1.29 is 9.84 Å². The third kappa shape index (κ3) is 8.48. The summed E-state index contributed by atoms with van der Waals surface area (Å²) >= 11 is 0. The molecule has 0 aliphatic heterocycles. The van der Waals surface area contributed by atoms with Crippen LogP contribution in [-0.2, 0) is 4.74 Å². The number of hydrogen-bond acceptors (Lipinski definition) is 3. The maximum Gasteiger partial charge on any atom is 0.0697 e. The van der Waals surface area contributed by atoms with Crippen LogP contribution in [0.15, 0.2) is 0 Å². The Labute approximate surface area is 87.8 Å². The summed E-state index contributed by atoms with van der Waals surface area (Å²) in [5.74, 6) is 0. The van der Waals surface area contributed by atoms with Crippen molar-refractivity contribution in [1.29, 1.82) is 0 Å². The summed E-state index contributed by atoms with van der Waals surface area (Å²) in [6, 6.07) is 0.665. The summed E-state index contributed by atoms with van der Waals surface area (Å²) in [6.07, 6.45) is 4.73. The smallest absolute Gasteiger partial charge is 0.0697 e. The molecular formula is C11H25NO2. The molecule has 0 saturated heterocycles. The molecule has 0 bridgehead atoms. The third-order valence-electron chi connectivity index (χ3n) is 2.26. The van der Waals surface area contributed by atoms with Gasteiger partial charge >= 0.3 is 0 Å². The standard InChI is InChI=1S/C11H25NO2/c1-3-6-11(4-2)12-7-5-9-14-10-8-13/h11-13H,3-10H2,1-2H3. The van der Waals surface area contributed by atoms with Crippen molar-refractivity contribution in [3.05, 3.63) is 0 Å². The molecule has 0 aromatic rings. The fraction of sp³-hybridized carbons (Fsp3) is 1.00. The molecule has 0 amide bonds. The van der Waals surface area contributed by atoms with Crippen molar-refractivity contribution >= 4 is 0 Å². The van der Waals surface area contributed by atoms with E-state index in [1.807, 2.05) is 0 Å². The molecule has 0 saturated carbocycles. The van der Waals surface area contributed by atoms with Crippen LogP contribution in [0, 0.1) is 0 Å². The van der Waals surface area contributed by atoms with E-state index in [4.69, 9.17) is 9.84 Å². The minimum atomic E-state index is 0.126. The Balaban J connectivity index is 3.15. The predicted molar refractivity (Wildman–Crippen MR) is 59.5 cm³/mol. The molecule has 0 aliphatic carbocycles. The van der Waals surface area contributed by atoms with E-state index in [0.717, 1.165) is 19.6 Å². The van der Waals surface area contributed by atoms with Gasteiger partial charge < -0.3 is 15.2 Å². The minimum absolute atomic E-state index is 0.126. The molecule has 2 N–H and O–H groups in total. The highest BCUT2D eigenvalue weighted by molar-refractivity contribution is 4.63. The van der Waals surface area contributed by atoms with Crippen LogP contribution in [0.4, 0.5) is 0 Å². The minimum Gasteiger partial charge on any atom is -0.394 e. The Morgan fingerprint density at radius 2 is 2.07 bits per heavy atom. The number of aliphatic hydroxyl groups excluding tert-OH is 1. The molecule has 0 radical (unpaired) electrons. The van der Waals surface area contributed by atoms with Crippen LogP contribution in [0.5, 0.6) is 0 Å². The Hall–Kier alpha value is -0.120. The lowest BCUT2D eigenvalue weighted by Gasteiger charge is -2.15. The van der Waals surface area contributed by atoms with Gasteiger partial charge in [0.1, 0.15) is 0 Å². The Bertz CT molecular complexity index is 109. The number of aliphatic hydroxyl groups is 1. The molecule has 0 rings (SSSR count). The average molecular weight is 203 g/mol. The van der Waals surface area contributed by atoms with E-state index in [1.54, 1.807) is 0 Å². The maximum atomic E-state index is 8.48. The van der Waals surface area contributed by atoms with Gasteiger partial charge in [0.25, 0.3) is 0 Å². The van der Waals surface area contributed by atoms with Crippen LogP contribution in [0.3, 0.4) is 0 Å². The predicted octanol–water partition coefficient (Wildman–Crippen LogP) is 1.55. The third-order valence-corrected chi connectivity index (χ3v) is 2.26. The topological polar surface area (TPSA) is 41.5 Å². The van der Waals surface area contributed by atoms with Gasteiger partial charge in [0.05, 0.1) is 13.2 Å². The lowest BCUT2D eigenvalue weighted by molar-refractivity contribution is 0.0903. The van der Waals surface area contributed by atoms with Crippen LogP contribution in [0.1, 0.15) is 39.5 Å². The van der Waals surface area contributed by atoms with Crippen LogP contribution in [-0.4, -0.2) is 37.5 Å². The lowest BCUT2D eigenvalue weighted by atomic mass is 10.1. The highest BCUT2D eigenvalue weighted by Gasteiger charge is 2.02. The van der Waals surface area contributed by atoms with E-state index >= 15 is 0 Å². The van der Waals surface area contributed by atoms with E-state index in [-0.39, 0.29) is 6.61 Å². The first-order valence-electron chi connectivity index (χ1n) is 5.77. The maximum absolute atomic E-state index is 8.48. The van der Waals surface area contributed by atoms with E-state index in [0.29, 0.717) is 12.6 Å². The molecule has 3 nitrogen and oxygen atoms in total. The monoisotopic (exact) mass is 203 g/mol. The highest BCUT2D eigenvalue weighted by atomic mass is 16.5. The SMILES string of the molecule is CCCC(CC)NCCCOCCO. The first kappa shape index (κ1) is 13.9. The molecule has 0 heterocycles. The van der Waals surface area contributed by atoms with Crippen LogP contribution in [0.25, 0.3) is 0 Å². The van der Waals surface area contributed by atoms with Gasteiger partial charge in [-0.2, -0.15) is 0 Å². The largest absolute Gasteiger partial charge is 0.394 e. The van der Waals surface area contributed by atoms with Crippen LogP contribution < -0.4 is 5.32 Å². The molecule has 0 aromatic heterocycles. The van der Waals surface area contributed by atoms with Gasteiger partial charge in [-0.25, -0.2) is 0 Å². The zero-order chi connectivity index (χ0) is 10.6. The van der Waals surface area contributed by atoms with Gasteiger partial charge in [0, 0.05) is 12.6 Å². The number of ether oxygens (including phenoxy) is 1. The van der Waals surface area contributed by atoms with Gasteiger partial charge in [-0.1, -0.05) is 20.3 Å². The van der Waals surface area contributed by atoms with Crippen molar-refractivity contribution in [1.82, 2.24) is 5.32 Å². The van der Waals surface area contributed by atoms with Crippen molar-refractivity contribution in [2.24, 2.45) is 0 Å².